The summed E-state index contributed by atoms with van der Waals surface area (Å²) in [5.74, 6) is -4.81. The lowest BCUT2D eigenvalue weighted by Crippen LogP contribution is -2.42. The number of likely N-dealkylation sites (N-methyl/N-ethyl adjacent to an activating group) is 1. The van der Waals surface area contributed by atoms with Crippen molar-refractivity contribution in [3.63, 3.8) is 0 Å². The Bertz CT molecular complexity index is 1390. The molecule has 0 spiro atoms. The molecular weight excluding hydrogens is 611 g/mol. The molecule has 0 bridgehead atoms. The van der Waals surface area contributed by atoms with Crippen LogP contribution >= 0.6 is 0 Å². The summed E-state index contributed by atoms with van der Waals surface area (Å²) in [5, 5.41) is 19.3. The molecule has 1 heterocycles. The molecule has 46 heavy (non-hydrogen) atoms. The van der Waals surface area contributed by atoms with Crippen LogP contribution in [0, 0.1) is 0 Å². The number of anilines is 2. The Morgan fingerprint density at radius 3 is 2.17 bits per heavy atom. The number of rotatable bonds is 14. The third kappa shape index (κ3) is 11.1. The molecule has 1 unspecified atom stereocenters. The number of amides is 3. The van der Waals surface area contributed by atoms with Crippen LogP contribution in [0.5, 0.6) is 0 Å². The van der Waals surface area contributed by atoms with Crippen LogP contribution in [0.2, 0.25) is 0 Å². The molecule has 0 aromatic heterocycles. The Labute approximate surface area is 264 Å². The number of alkyl halides is 3. The molecule has 12 nitrogen and oxygen atoms in total. The van der Waals surface area contributed by atoms with Gasteiger partial charge >= 0.3 is 18.1 Å². The molecule has 0 saturated heterocycles. The fraction of sp³-hybridized carbons (Fsp3) is 0.452. The van der Waals surface area contributed by atoms with Crippen LogP contribution < -0.4 is 21.7 Å². The molecule has 15 heteroatoms. The lowest BCUT2D eigenvalue weighted by Gasteiger charge is -2.30. The number of unbranched alkanes of at least 4 members (excludes halogenated alkanes) is 3. The normalized spacial score (nSPS) is 14.6. The molecule has 2 aromatic rings. The lowest BCUT2D eigenvalue weighted by atomic mass is 10.0. The molecule has 1 aliphatic heterocycles. The average molecular weight is 652 g/mol. The number of carboxylic acid groups (broad SMARTS) is 2. The molecule has 7 N–H and O–H groups in total. The Morgan fingerprint density at radius 1 is 0.913 bits per heavy atom. The summed E-state index contributed by atoms with van der Waals surface area (Å²) in [5.41, 5.74) is 13.9. The van der Waals surface area contributed by atoms with Gasteiger partial charge in [0.25, 0.3) is 11.8 Å². The molecular formula is C31H40F3N5O7. The molecule has 2 aromatic carbocycles. The van der Waals surface area contributed by atoms with Gasteiger partial charge in [0.15, 0.2) is 0 Å². The summed E-state index contributed by atoms with van der Waals surface area (Å²) < 4.78 is 31.7. The van der Waals surface area contributed by atoms with Crippen LogP contribution in [0.4, 0.5) is 24.5 Å². The van der Waals surface area contributed by atoms with Gasteiger partial charge in [0.2, 0.25) is 5.91 Å². The minimum atomic E-state index is -5.08. The van der Waals surface area contributed by atoms with Gasteiger partial charge in [-0.2, -0.15) is 13.2 Å². The van der Waals surface area contributed by atoms with Crippen molar-refractivity contribution >= 4 is 41.0 Å². The van der Waals surface area contributed by atoms with Crippen molar-refractivity contribution in [2.75, 3.05) is 36.9 Å². The van der Waals surface area contributed by atoms with Crippen LogP contribution in [-0.2, 0) is 25.6 Å². The van der Waals surface area contributed by atoms with Crippen molar-refractivity contribution in [2.24, 2.45) is 11.5 Å². The molecule has 1 atom stereocenters. The van der Waals surface area contributed by atoms with E-state index in [4.69, 9.17) is 21.4 Å². The Morgan fingerprint density at radius 2 is 1.57 bits per heavy atom. The van der Waals surface area contributed by atoms with Gasteiger partial charge in [-0.15, -0.1) is 0 Å². The fourth-order valence-corrected chi connectivity index (χ4v) is 4.78. The van der Waals surface area contributed by atoms with E-state index in [2.05, 4.69) is 5.32 Å². The highest BCUT2D eigenvalue weighted by Crippen LogP contribution is 2.35. The van der Waals surface area contributed by atoms with Gasteiger partial charge < -0.3 is 36.8 Å². The van der Waals surface area contributed by atoms with E-state index >= 15 is 0 Å². The fourth-order valence-electron chi connectivity index (χ4n) is 4.78. The van der Waals surface area contributed by atoms with Crippen LogP contribution in [0.15, 0.2) is 42.5 Å². The second-order valence-electron chi connectivity index (χ2n) is 10.6. The molecule has 0 fully saturated rings. The third-order valence-corrected chi connectivity index (χ3v) is 7.11. The van der Waals surface area contributed by atoms with E-state index < -0.39 is 30.1 Å². The summed E-state index contributed by atoms with van der Waals surface area (Å²) in [6, 6.07) is 11.2. The number of nitrogens with one attached hydrogen (secondary N) is 1. The zero-order valence-electron chi connectivity index (χ0n) is 25.5. The van der Waals surface area contributed by atoms with E-state index in [0.717, 1.165) is 37.7 Å². The number of halogens is 3. The number of aryl methyl sites for hydroxylation is 1. The SMILES string of the molecule is CN1C(=O)C(c2cccc(NC(=O)CCCN)c2)N(CCC(=O)O)C(=O)c2cc(CCCCCCN)ccc21.O=C(O)C(F)(F)F. The number of carbonyl (C=O) groups is 5. The van der Waals surface area contributed by atoms with Crippen molar-refractivity contribution in [2.45, 2.75) is 63.6 Å². The minimum absolute atomic E-state index is 0.145. The number of benzene rings is 2. The second-order valence-corrected chi connectivity index (χ2v) is 10.6. The quantitative estimate of drug-likeness (QED) is 0.189. The zero-order valence-corrected chi connectivity index (χ0v) is 25.5. The molecule has 0 aliphatic carbocycles. The van der Waals surface area contributed by atoms with E-state index in [9.17, 15) is 37.5 Å². The van der Waals surface area contributed by atoms with Crippen molar-refractivity contribution < 1.29 is 47.4 Å². The highest BCUT2D eigenvalue weighted by atomic mass is 19.4. The first-order chi connectivity index (χ1) is 21.7. The average Bonchev–Trinajstić information content (AvgIpc) is 3.07. The smallest absolute Gasteiger partial charge is 0.481 e. The Balaban J connectivity index is 0.000000942. The van der Waals surface area contributed by atoms with Crippen molar-refractivity contribution in [3.8, 4) is 0 Å². The molecule has 0 radical (unpaired) electrons. The number of hydrogen-bond donors (Lipinski definition) is 5. The van der Waals surface area contributed by atoms with E-state index in [1.165, 1.54) is 9.80 Å². The maximum absolute atomic E-state index is 13.9. The maximum Gasteiger partial charge on any atom is 0.490 e. The van der Waals surface area contributed by atoms with Crippen molar-refractivity contribution in [3.05, 3.63) is 59.2 Å². The maximum atomic E-state index is 13.9. The van der Waals surface area contributed by atoms with Gasteiger partial charge in [-0.1, -0.05) is 31.0 Å². The molecule has 0 saturated carbocycles. The van der Waals surface area contributed by atoms with E-state index in [0.29, 0.717) is 42.0 Å². The van der Waals surface area contributed by atoms with Gasteiger partial charge in [-0.25, -0.2) is 4.79 Å². The second kappa shape index (κ2) is 17.8. The molecule has 252 valence electrons. The van der Waals surface area contributed by atoms with E-state index in [1.54, 1.807) is 37.4 Å². The first-order valence-electron chi connectivity index (χ1n) is 14.7. The summed E-state index contributed by atoms with van der Waals surface area (Å²) in [6.07, 6.45) is 0.215. The van der Waals surface area contributed by atoms with Crippen molar-refractivity contribution in [1.29, 1.82) is 0 Å². The number of carbonyl (C=O) groups excluding carboxylic acids is 3. The number of nitrogens with two attached hydrogens (primary N) is 2. The summed E-state index contributed by atoms with van der Waals surface area (Å²) >= 11 is 0. The highest BCUT2D eigenvalue weighted by molar-refractivity contribution is 6.11. The third-order valence-electron chi connectivity index (χ3n) is 7.11. The standard InChI is InChI=1S/C29H39N5O5.C2HF3O2/c1-33-24-13-12-20(8-4-2-3-5-15-30)18-23(24)28(38)34(17-14-26(36)37)27(29(33)39)21-9-6-10-22(19-21)32-25(35)11-7-16-31;3-2(4,5)1(6)7/h6,9-10,12-13,18-19,27H,2-5,7-8,11,14-17,30-31H2,1H3,(H,32,35)(H,36,37);(H,6,7). The zero-order chi connectivity index (χ0) is 34.4. The first kappa shape index (κ1) is 37.7. The molecule has 3 amide bonds. The van der Waals surface area contributed by atoms with Gasteiger partial charge in [0.05, 0.1) is 17.7 Å². The van der Waals surface area contributed by atoms with Gasteiger partial charge in [0, 0.05) is 25.7 Å². The lowest BCUT2D eigenvalue weighted by molar-refractivity contribution is -0.192. The van der Waals surface area contributed by atoms with E-state index in [1.807, 2.05) is 12.1 Å². The predicted octanol–water partition coefficient (Wildman–Crippen LogP) is 3.69. The topological polar surface area (TPSA) is 196 Å². The van der Waals surface area contributed by atoms with Crippen molar-refractivity contribution in [1.82, 2.24) is 4.90 Å². The number of carboxylic acids is 2. The number of fused-ring (bicyclic) bond motifs is 1. The Hall–Kier alpha value is -4.50. The van der Waals surface area contributed by atoms with E-state index in [-0.39, 0.29) is 31.2 Å². The Kier molecular flexibility index (Phi) is 14.6. The van der Waals surface area contributed by atoms with Gasteiger partial charge in [0.1, 0.15) is 6.04 Å². The largest absolute Gasteiger partial charge is 0.490 e. The van der Waals surface area contributed by atoms with Crippen LogP contribution in [0.25, 0.3) is 0 Å². The van der Waals surface area contributed by atoms with Crippen LogP contribution in [-0.4, -0.2) is 77.6 Å². The molecule has 1 aliphatic rings. The number of hydrogen-bond acceptors (Lipinski definition) is 7. The number of aliphatic carboxylic acids is 2. The molecule has 3 rings (SSSR count). The summed E-state index contributed by atoms with van der Waals surface area (Å²) in [6.45, 7) is 0.923. The first-order valence-corrected chi connectivity index (χ1v) is 14.7. The summed E-state index contributed by atoms with van der Waals surface area (Å²) in [4.78, 5) is 63.2. The minimum Gasteiger partial charge on any atom is -0.481 e. The van der Waals surface area contributed by atoms with Crippen LogP contribution in [0.1, 0.15) is 72.5 Å². The summed E-state index contributed by atoms with van der Waals surface area (Å²) in [7, 11) is 1.62. The van der Waals surface area contributed by atoms with Gasteiger partial charge in [-0.05, 0) is 74.2 Å². The monoisotopic (exact) mass is 651 g/mol. The van der Waals surface area contributed by atoms with Gasteiger partial charge in [-0.3, -0.25) is 19.2 Å². The van der Waals surface area contributed by atoms with Crippen LogP contribution in [0.3, 0.4) is 0 Å². The highest BCUT2D eigenvalue weighted by Gasteiger charge is 2.40. The predicted molar refractivity (Wildman–Crippen MR) is 164 cm³/mol. The number of nitrogens with zero attached hydrogens (tertiary/aromatic N) is 2.